The number of aromatic nitrogens is 2. The molecule has 0 aliphatic rings. The minimum atomic E-state index is 0.637. The summed E-state index contributed by atoms with van der Waals surface area (Å²) in [6, 6.07) is 7.82. The zero-order valence-corrected chi connectivity index (χ0v) is 11.6. The van der Waals surface area contributed by atoms with E-state index in [1.54, 1.807) is 11.8 Å². The highest BCUT2D eigenvalue weighted by atomic mass is 32.2. The van der Waals surface area contributed by atoms with Gasteiger partial charge in [0.05, 0.1) is 17.3 Å². The molecule has 1 aromatic heterocycles. The normalized spacial score (nSPS) is 10.6. The lowest BCUT2D eigenvalue weighted by molar-refractivity contribution is 0.339. The van der Waals surface area contributed by atoms with E-state index in [2.05, 4.69) is 5.10 Å². The van der Waals surface area contributed by atoms with Gasteiger partial charge in [0.1, 0.15) is 5.75 Å². The van der Waals surface area contributed by atoms with Crippen molar-refractivity contribution in [3.8, 4) is 5.75 Å². The molecule has 5 heteroatoms. The molecule has 96 valence electrons. The number of nitrogen functional groups attached to an aromatic ring is 1. The molecular formula is C13H17N3OS. The standard InChI is InChI=1S/C13H17N3OS/c1-4-17-11-6-10(14)7-12(8-11)18-13-5-9(2)15-16(13)3/h5-8H,4,14H2,1-3H3. The molecule has 2 N–H and O–H groups in total. The van der Waals surface area contributed by atoms with Gasteiger partial charge in [-0.25, -0.2) is 0 Å². The Kier molecular flexibility index (Phi) is 3.81. The molecule has 0 saturated carbocycles. The number of hydrogen-bond donors (Lipinski definition) is 1. The van der Waals surface area contributed by atoms with Crippen LogP contribution in [0.5, 0.6) is 5.75 Å². The van der Waals surface area contributed by atoms with Crippen LogP contribution in [0.1, 0.15) is 12.6 Å². The number of hydrogen-bond acceptors (Lipinski definition) is 4. The van der Waals surface area contributed by atoms with Gasteiger partial charge >= 0.3 is 0 Å². The number of rotatable bonds is 4. The van der Waals surface area contributed by atoms with Crippen LogP contribution in [0.15, 0.2) is 34.2 Å². The molecule has 0 atom stereocenters. The first kappa shape index (κ1) is 12.8. The van der Waals surface area contributed by atoms with Crippen LogP contribution < -0.4 is 10.5 Å². The monoisotopic (exact) mass is 263 g/mol. The lowest BCUT2D eigenvalue weighted by atomic mass is 10.3. The van der Waals surface area contributed by atoms with Crippen molar-refractivity contribution in [2.24, 2.45) is 7.05 Å². The highest BCUT2D eigenvalue weighted by Crippen LogP contribution is 2.32. The average Bonchev–Trinajstić information content (AvgIpc) is 2.57. The van der Waals surface area contributed by atoms with Crippen LogP contribution in [0.3, 0.4) is 0 Å². The van der Waals surface area contributed by atoms with Gasteiger partial charge in [0.15, 0.2) is 0 Å². The summed E-state index contributed by atoms with van der Waals surface area (Å²) in [5.74, 6) is 0.805. The van der Waals surface area contributed by atoms with Gasteiger partial charge in [-0.3, -0.25) is 4.68 Å². The molecule has 0 aliphatic heterocycles. The molecule has 0 aliphatic carbocycles. The Morgan fingerprint density at radius 2 is 2.11 bits per heavy atom. The molecule has 0 saturated heterocycles. The zero-order valence-electron chi connectivity index (χ0n) is 10.8. The van der Waals surface area contributed by atoms with E-state index in [9.17, 15) is 0 Å². The first-order chi connectivity index (χ1) is 8.58. The van der Waals surface area contributed by atoms with Gasteiger partial charge in [-0.2, -0.15) is 5.10 Å². The number of nitrogens with two attached hydrogens (primary N) is 1. The number of ether oxygens (including phenoxy) is 1. The molecule has 0 radical (unpaired) electrons. The lowest BCUT2D eigenvalue weighted by Crippen LogP contribution is -1.95. The van der Waals surface area contributed by atoms with Crippen molar-refractivity contribution in [3.05, 3.63) is 30.0 Å². The van der Waals surface area contributed by atoms with E-state index in [1.165, 1.54) is 0 Å². The third-order valence-corrected chi connectivity index (χ3v) is 3.46. The summed E-state index contributed by atoms with van der Waals surface area (Å²) in [6.45, 7) is 4.58. The Bertz CT molecular complexity index is 551. The topological polar surface area (TPSA) is 53.1 Å². The summed E-state index contributed by atoms with van der Waals surface area (Å²) in [5.41, 5.74) is 7.59. The number of anilines is 1. The maximum absolute atomic E-state index is 5.87. The fourth-order valence-electron chi connectivity index (χ4n) is 1.71. The predicted molar refractivity (Wildman–Crippen MR) is 74.1 cm³/mol. The van der Waals surface area contributed by atoms with Gasteiger partial charge < -0.3 is 10.5 Å². The van der Waals surface area contributed by atoms with E-state index < -0.39 is 0 Å². The second kappa shape index (κ2) is 5.35. The molecule has 0 spiro atoms. The van der Waals surface area contributed by atoms with Gasteiger partial charge in [0.2, 0.25) is 0 Å². The third kappa shape index (κ3) is 2.98. The van der Waals surface area contributed by atoms with E-state index >= 15 is 0 Å². The molecule has 4 nitrogen and oxygen atoms in total. The van der Waals surface area contributed by atoms with Crippen LogP contribution in [0.25, 0.3) is 0 Å². The molecule has 18 heavy (non-hydrogen) atoms. The van der Waals surface area contributed by atoms with Crippen LogP contribution in [-0.4, -0.2) is 16.4 Å². The average molecular weight is 263 g/mol. The summed E-state index contributed by atoms with van der Waals surface area (Å²) in [5, 5.41) is 5.41. The van der Waals surface area contributed by atoms with Gasteiger partial charge in [0.25, 0.3) is 0 Å². The first-order valence-electron chi connectivity index (χ1n) is 5.80. The van der Waals surface area contributed by atoms with Gasteiger partial charge in [-0.1, -0.05) is 11.8 Å². The summed E-state index contributed by atoms with van der Waals surface area (Å²) in [7, 11) is 1.94. The van der Waals surface area contributed by atoms with Gasteiger partial charge in [0, 0.05) is 23.7 Å². The highest BCUT2D eigenvalue weighted by Gasteiger charge is 2.06. The van der Waals surface area contributed by atoms with Crippen LogP contribution in [0, 0.1) is 6.92 Å². The maximum atomic E-state index is 5.87. The number of nitrogens with zero attached hydrogens (tertiary/aromatic N) is 2. The largest absolute Gasteiger partial charge is 0.494 e. The minimum Gasteiger partial charge on any atom is -0.494 e. The Hall–Kier alpha value is -1.62. The third-order valence-electron chi connectivity index (χ3n) is 2.39. The van der Waals surface area contributed by atoms with Crippen molar-refractivity contribution in [1.29, 1.82) is 0 Å². The molecule has 0 bridgehead atoms. The van der Waals surface area contributed by atoms with Crippen LogP contribution in [0.2, 0.25) is 0 Å². The maximum Gasteiger partial charge on any atom is 0.122 e. The minimum absolute atomic E-state index is 0.637. The number of benzene rings is 1. The molecule has 1 heterocycles. The quantitative estimate of drug-likeness (QED) is 0.862. The fourth-order valence-corrected chi connectivity index (χ4v) is 2.72. The Morgan fingerprint density at radius 3 is 2.72 bits per heavy atom. The Balaban J connectivity index is 2.25. The molecule has 0 fully saturated rings. The van der Waals surface area contributed by atoms with Crippen molar-refractivity contribution < 1.29 is 4.74 Å². The van der Waals surface area contributed by atoms with Crippen LogP contribution in [-0.2, 0) is 7.05 Å². The molecule has 2 aromatic rings. The second-order valence-electron chi connectivity index (χ2n) is 4.02. The Labute approximate surface area is 111 Å². The fraction of sp³-hybridized carbons (Fsp3) is 0.308. The van der Waals surface area contributed by atoms with E-state index in [0.717, 1.165) is 21.4 Å². The van der Waals surface area contributed by atoms with E-state index in [-0.39, 0.29) is 0 Å². The molecule has 1 aromatic carbocycles. The van der Waals surface area contributed by atoms with Gasteiger partial charge in [-0.15, -0.1) is 0 Å². The van der Waals surface area contributed by atoms with Crippen LogP contribution in [0.4, 0.5) is 5.69 Å². The predicted octanol–water partition coefficient (Wildman–Crippen LogP) is 2.86. The van der Waals surface area contributed by atoms with Crippen molar-refractivity contribution in [1.82, 2.24) is 9.78 Å². The van der Waals surface area contributed by atoms with E-state index in [0.29, 0.717) is 12.3 Å². The molecule has 2 rings (SSSR count). The molecule has 0 amide bonds. The summed E-state index contributed by atoms with van der Waals surface area (Å²) < 4.78 is 7.35. The van der Waals surface area contributed by atoms with Crippen molar-refractivity contribution in [3.63, 3.8) is 0 Å². The van der Waals surface area contributed by atoms with Crippen molar-refractivity contribution in [2.45, 2.75) is 23.8 Å². The second-order valence-corrected chi connectivity index (χ2v) is 5.11. The summed E-state index contributed by atoms with van der Waals surface area (Å²) in [4.78, 5) is 1.06. The highest BCUT2D eigenvalue weighted by molar-refractivity contribution is 7.99. The van der Waals surface area contributed by atoms with Gasteiger partial charge in [-0.05, 0) is 32.0 Å². The summed E-state index contributed by atoms with van der Waals surface area (Å²) in [6.07, 6.45) is 0. The van der Waals surface area contributed by atoms with E-state index in [1.807, 2.05) is 49.8 Å². The lowest BCUT2D eigenvalue weighted by Gasteiger charge is -2.07. The van der Waals surface area contributed by atoms with E-state index in [4.69, 9.17) is 10.5 Å². The zero-order chi connectivity index (χ0) is 13.1. The first-order valence-corrected chi connectivity index (χ1v) is 6.62. The smallest absolute Gasteiger partial charge is 0.122 e. The number of aryl methyl sites for hydroxylation is 2. The Morgan fingerprint density at radius 1 is 1.33 bits per heavy atom. The van der Waals surface area contributed by atoms with Crippen LogP contribution >= 0.6 is 11.8 Å². The molecule has 0 unspecified atom stereocenters. The molecular weight excluding hydrogens is 246 g/mol. The SMILES string of the molecule is CCOc1cc(N)cc(Sc2cc(C)nn2C)c1. The van der Waals surface area contributed by atoms with Crippen molar-refractivity contribution in [2.75, 3.05) is 12.3 Å². The summed E-state index contributed by atoms with van der Waals surface area (Å²) >= 11 is 1.63. The van der Waals surface area contributed by atoms with Crippen molar-refractivity contribution >= 4 is 17.4 Å².